The van der Waals surface area contributed by atoms with Crippen LogP contribution in [0.4, 0.5) is 0 Å². The Bertz CT molecular complexity index is 3970. The summed E-state index contributed by atoms with van der Waals surface area (Å²) in [7, 11) is 0.657. The molecular weight excluding hydrogens is 955 g/mol. The Kier molecular flexibility index (Phi) is 13.5. The Morgan fingerprint density at radius 1 is 0.386 bits per heavy atom. The summed E-state index contributed by atoms with van der Waals surface area (Å²) in [5.41, 5.74) is 6.53. The van der Waals surface area contributed by atoms with Crippen LogP contribution in [0, 0.1) is 0 Å². The molecule has 0 bridgehead atoms. The number of fused-ring (bicyclic) bond motifs is 12. The highest BCUT2D eigenvalue weighted by atomic mass is 35.5. The van der Waals surface area contributed by atoms with Crippen LogP contribution in [0.15, 0.2) is 207 Å². The minimum absolute atomic E-state index is 0. The van der Waals surface area contributed by atoms with Gasteiger partial charge in [-0.05, 0) is 60.2 Å². The molecule has 1 radical (unpaired) electrons. The fourth-order valence-corrected chi connectivity index (χ4v) is 14.4. The fraction of sp³-hybridized carbons (Fsp3) is 0.0333. The van der Waals surface area contributed by atoms with Crippen LogP contribution >= 0.6 is 56.9 Å². The molecule has 0 fully saturated rings. The Balaban J connectivity index is 0.000000129. The molecule has 0 unspecified atom stereocenters. The molecule has 0 aliphatic carbocycles. The highest BCUT2D eigenvalue weighted by Gasteiger charge is 2.20. The number of pyridine rings is 2. The topological polar surface area (TPSA) is 55.2 Å². The highest BCUT2D eigenvalue weighted by Crippen LogP contribution is 2.50. The largest absolute Gasteiger partial charge is 0.569 e. The molecule has 1 N–H and O–H groups in total. The zero-order chi connectivity index (χ0) is 45.6. The number of rotatable bonds is 5. The monoisotopic (exact) mass is 997 g/mol. The van der Waals surface area contributed by atoms with Gasteiger partial charge in [0.25, 0.3) is 0 Å². The van der Waals surface area contributed by atoms with Crippen molar-refractivity contribution in [3.8, 4) is 39.4 Å². The van der Waals surface area contributed by atoms with Crippen LogP contribution in [-0.2, 0) is 0 Å². The van der Waals surface area contributed by atoms with E-state index in [-0.39, 0.29) is 14.9 Å². The van der Waals surface area contributed by atoms with Crippen LogP contribution in [0.5, 0.6) is 5.75 Å². The molecule has 70 heavy (non-hydrogen) atoms. The number of thiophene rings is 4. The first-order valence-corrected chi connectivity index (χ1v) is 25.6. The first-order valence-electron chi connectivity index (χ1n) is 21.9. The Morgan fingerprint density at radius 3 is 1.20 bits per heavy atom. The van der Waals surface area contributed by atoms with Gasteiger partial charge in [-0.2, -0.15) is 0 Å². The Hall–Kier alpha value is -6.95. The van der Waals surface area contributed by atoms with Gasteiger partial charge in [0, 0.05) is 116 Å². The molecule has 339 valence electrons. The molecule has 6 heterocycles. The lowest BCUT2D eigenvalue weighted by Gasteiger charge is -2.10. The van der Waals surface area contributed by atoms with Gasteiger partial charge in [0.05, 0.1) is 16.4 Å². The van der Waals surface area contributed by atoms with Gasteiger partial charge < -0.3 is 9.68 Å². The van der Waals surface area contributed by atoms with Crippen molar-refractivity contribution in [3.05, 3.63) is 212 Å². The zero-order valence-electron chi connectivity index (χ0n) is 36.0. The Morgan fingerprint density at radius 2 is 0.757 bits per heavy atom. The van der Waals surface area contributed by atoms with E-state index in [9.17, 15) is 0 Å². The van der Waals surface area contributed by atoms with Crippen molar-refractivity contribution < 1.29 is 9.68 Å². The second kappa shape index (κ2) is 20.2. The summed E-state index contributed by atoms with van der Waals surface area (Å²) in [6.07, 6.45) is 3.59. The number of benzene rings is 8. The predicted octanol–water partition coefficient (Wildman–Crippen LogP) is 19.2. The van der Waals surface area contributed by atoms with E-state index in [1.54, 1.807) is 18.3 Å². The summed E-state index contributed by atoms with van der Waals surface area (Å²) < 4.78 is 15.4. The number of hydrogen-bond acceptors (Lipinski definition) is 8. The summed E-state index contributed by atoms with van der Waals surface area (Å²) in [5, 5.41) is 19.7. The van der Waals surface area contributed by atoms with Gasteiger partial charge in [0.15, 0.2) is 0 Å². The number of nitrogens with zero attached hydrogens (tertiary/aromatic N) is 2. The average molecular weight is 999 g/mol. The molecule has 4 nitrogen and oxygen atoms in total. The fourth-order valence-electron chi connectivity index (χ4n) is 9.07. The minimum Gasteiger partial charge on any atom is -0.537 e. The molecule has 0 amide bonds. The van der Waals surface area contributed by atoms with Crippen LogP contribution in [0.25, 0.3) is 114 Å². The maximum absolute atomic E-state index is 8.51. The molecule has 0 atom stereocenters. The lowest BCUT2D eigenvalue weighted by Crippen LogP contribution is -1.99. The third-order valence-electron chi connectivity index (χ3n) is 12.1. The van der Waals surface area contributed by atoms with E-state index in [1.165, 1.54) is 91.8 Å². The van der Waals surface area contributed by atoms with E-state index in [4.69, 9.17) is 26.3 Å². The molecule has 0 saturated heterocycles. The minimum atomic E-state index is 0. The standard InChI is InChI=1S/C29H17NS2.C18H9ClS2.C11H9BNO2.2CH4/c1-2-8-18(9-3-1)22-16-19(14-15-30-22)27-28-20-10-4-6-12-23(20)31-25(28)17-26-29(27)21-11-5-7-13-24(21)32-26;19-18-16-10-5-1-3-7-12(10)20-14(16)9-15-17(18)11-6-2-4-8-13(11)21-15;14-12-15-10-6-7-13-11(8-10)9-4-2-1-3-5-9;;/h1-17H;1-9H;1-8,14H;2*1H4. The van der Waals surface area contributed by atoms with Gasteiger partial charge >= 0.3 is 7.69 Å². The lowest BCUT2D eigenvalue weighted by molar-refractivity contribution is 0.453. The first kappa shape index (κ1) is 46.8. The summed E-state index contributed by atoms with van der Waals surface area (Å²) >= 11 is 14.2. The van der Waals surface area contributed by atoms with Crippen molar-refractivity contribution in [2.45, 2.75) is 14.9 Å². The molecule has 0 aliphatic heterocycles. The van der Waals surface area contributed by atoms with Crippen molar-refractivity contribution >= 4 is 145 Å². The second-order valence-electron chi connectivity index (χ2n) is 16.1. The van der Waals surface area contributed by atoms with Crippen LogP contribution < -0.4 is 4.65 Å². The molecule has 0 spiro atoms. The molecular formula is C60H43BClN2O2S4. The van der Waals surface area contributed by atoms with Crippen molar-refractivity contribution in [2.24, 2.45) is 0 Å². The zero-order valence-corrected chi connectivity index (χ0v) is 40.0. The van der Waals surface area contributed by atoms with Gasteiger partial charge in [-0.1, -0.05) is 160 Å². The normalized spacial score (nSPS) is 11.1. The summed E-state index contributed by atoms with van der Waals surface area (Å²) in [6.45, 7) is 0. The quantitative estimate of drug-likeness (QED) is 0.175. The van der Waals surface area contributed by atoms with Crippen LogP contribution in [0.3, 0.4) is 0 Å². The molecule has 8 aromatic carbocycles. The van der Waals surface area contributed by atoms with Gasteiger partial charge in [0.2, 0.25) is 0 Å². The van der Waals surface area contributed by atoms with Crippen LogP contribution in [0.2, 0.25) is 5.02 Å². The van der Waals surface area contributed by atoms with E-state index >= 15 is 0 Å². The van der Waals surface area contributed by atoms with E-state index in [2.05, 4.69) is 151 Å². The van der Waals surface area contributed by atoms with Crippen molar-refractivity contribution in [1.29, 1.82) is 0 Å². The van der Waals surface area contributed by atoms with Crippen molar-refractivity contribution in [2.75, 3.05) is 0 Å². The van der Waals surface area contributed by atoms with E-state index in [1.807, 2.05) is 87.9 Å². The molecule has 10 heteroatoms. The highest BCUT2D eigenvalue weighted by molar-refractivity contribution is 7.29. The number of aromatic nitrogens is 2. The molecule has 0 saturated carbocycles. The van der Waals surface area contributed by atoms with Crippen LogP contribution in [-0.4, -0.2) is 22.7 Å². The molecule has 0 aliphatic rings. The smallest absolute Gasteiger partial charge is 0.537 e. The maximum Gasteiger partial charge on any atom is 0.569 e. The van der Waals surface area contributed by atoms with E-state index in [0.29, 0.717) is 13.4 Å². The summed E-state index contributed by atoms with van der Waals surface area (Å²) in [4.78, 5) is 8.92. The van der Waals surface area contributed by atoms with Gasteiger partial charge in [-0.15, -0.1) is 45.3 Å². The summed E-state index contributed by atoms with van der Waals surface area (Å²) in [6, 6.07) is 67.3. The van der Waals surface area contributed by atoms with Crippen LogP contribution in [0.1, 0.15) is 14.9 Å². The molecule has 14 rings (SSSR count). The maximum atomic E-state index is 8.51. The molecule has 14 aromatic rings. The second-order valence-corrected chi connectivity index (χ2v) is 20.8. The van der Waals surface area contributed by atoms with Gasteiger partial charge in [-0.25, -0.2) is 0 Å². The first-order chi connectivity index (χ1) is 33.6. The average Bonchev–Trinajstić information content (AvgIpc) is 4.17. The third kappa shape index (κ3) is 8.60. The van der Waals surface area contributed by atoms with E-state index < -0.39 is 0 Å². The third-order valence-corrected chi connectivity index (χ3v) is 16.9. The number of halogens is 1. The van der Waals surface area contributed by atoms with E-state index in [0.717, 1.165) is 27.5 Å². The SMILES string of the molecule is C.C.Clc1c2c(cc3sc4ccccc4c13)sc1ccccc12.O[B]Oc1ccnc(-c2ccccc2)c1.c1ccc(-c2cc(-c3c4c(cc5sc6ccccc6c35)sc3ccccc34)ccn2)cc1. The number of hydrogen-bond donors (Lipinski definition) is 1. The molecule has 6 aromatic heterocycles. The summed E-state index contributed by atoms with van der Waals surface area (Å²) in [5.74, 6) is 0.561. The predicted molar refractivity (Wildman–Crippen MR) is 310 cm³/mol. The van der Waals surface area contributed by atoms with Gasteiger partial charge in [0.1, 0.15) is 5.75 Å². The van der Waals surface area contributed by atoms with Crippen molar-refractivity contribution in [1.82, 2.24) is 9.97 Å². The Labute approximate surface area is 427 Å². The van der Waals surface area contributed by atoms with Gasteiger partial charge in [-0.3, -0.25) is 9.97 Å². The lowest BCUT2D eigenvalue weighted by atomic mass is 9.94. The van der Waals surface area contributed by atoms with Crippen molar-refractivity contribution in [3.63, 3.8) is 0 Å².